The van der Waals surface area contributed by atoms with E-state index in [2.05, 4.69) is 4.99 Å². The molecule has 0 saturated carbocycles. The molecule has 0 aliphatic carbocycles. The topological polar surface area (TPSA) is 57.1 Å². The number of aliphatic imine (C=N–C) groups is 1. The Balaban J connectivity index is 2.03. The molecular weight excluding hydrogens is 306 g/mol. The predicted molar refractivity (Wildman–Crippen MR) is 91.3 cm³/mol. The highest BCUT2D eigenvalue weighted by Gasteiger charge is 2.25. The molecule has 0 spiro atoms. The van der Waals surface area contributed by atoms with Gasteiger partial charge in [0, 0.05) is 11.1 Å². The second-order valence-corrected chi connectivity index (χ2v) is 5.23. The smallest absolute Gasteiger partial charge is 0.363 e. The van der Waals surface area contributed by atoms with E-state index in [9.17, 15) is 4.79 Å². The van der Waals surface area contributed by atoms with Gasteiger partial charge in [-0.2, -0.15) is 0 Å². The number of carbonyl (C=O) groups excluding carboxylic acids is 1. The number of esters is 1. The normalized spacial score (nSPS) is 15.2. The van der Waals surface area contributed by atoms with Gasteiger partial charge in [-0.25, -0.2) is 9.79 Å². The van der Waals surface area contributed by atoms with Crippen LogP contribution in [0.5, 0.6) is 11.5 Å². The summed E-state index contributed by atoms with van der Waals surface area (Å²) in [5.41, 5.74) is 2.70. The van der Waals surface area contributed by atoms with Crippen molar-refractivity contribution in [2.45, 2.75) is 6.92 Å². The number of methoxy groups -OCH3 is 2. The molecule has 5 nitrogen and oxygen atoms in total. The van der Waals surface area contributed by atoms with Crippen LogP contribution in [-0.2, 0) is 9.53 Å². The molecule has 122 valence electrons. The number of hydrogen-bond donors (Lipinski definition) is 0. The minimum atomic E-state index is -0.488. The van der Waals surface area contributed by atoms with E-state index in [0.29, 0.717) is 23.0 Å². The molecule has 0 radical (unpaired) electrons. The van der Waals surface area contributed by atoms with Crippen molar-refractivity contribution in [1.29, 1.82) is 0 Å². The zero-order valence-electron chi connectivity index (χ0n) is 13.7. The molecular formula is C19H17NO4. The monoisotopic (exact) mass is 323 g/mol. The number of ether oxygens (including phenoxy) is 3. The third-order valence-electron chi connectivity index (χ3n) is 3.72. The molecule has 2 aromatic rings. The minimum Gasteiger partial charge on any atom is -0.493 e. The summed E-state index contributed by atoms with van der Waals surface area (Å²) < 4.78 is 16.0. The highest BCUT2D eigenvalue weighted by atomic mass is 16.6. The van der Waals surface area contributed by atoms with Crippen LogP contribution in [0.15, 0.2) is 53.2 Å². The molecule has 1 aliphatic heterocycles. The molecule has 3 rings (SSSR count). The van der Waals surface area contributed by atoms with Gasteiger partial charge in [-0.1, -0.05) is 30.3 Å². The number of rotatable bonds is 4. The fourth-order valence-electron chi connectivity index (χ4n) is 2.51. The van der Waals surface area contributed by atoms with Crippen LogP contribution in [0.3, 0.4) is 0 Å². The third kappa shape index (κ3) is 2.88. The summed E-state index contributed by atoms with van der Waals surface area (Å²) in [4.78, 5) is 16.5. The maximum Gasteiger partial charge on any atom is 0.363 e. The van der Waals surface area contributed by atoms with Crippen molar-refractivity contribution in [2.24, 2.45) is 4.99 Å². The van der Waals surface area contributed by atoms with E-state index >= 15 is 0 Å². The second-order valence-electron chi connectivity index (χ2n) is 5.23. The molecule has 5 heteroatoms. The predicted octanol–water partition coefficient (Wildman–Crippen LogP) is 3.36. The number of para-hydroxylation sites is 1. The highest BCUT2D eigenvalue weighted by molar-refractivity contribution is 6.13. The van der Waals surface area contributed by atoms with Gasteiger partial charge in [0.15, 0.2) is 17.2 Å². The summed E-state index contributed by atoms with van der Waals surface area (Å²) in [7, 11) is 3.11. The molecule has 0 unspecified atom stereocenters. The molecule has 2 aromatic carbocycles. The standard InChI is InChI=1S/C19H17NO4/c1-12-7-4-5-9-14(12)18-20-15(19(21)24-18)11-13-8-6-10-16(22-2)17(13)23-3/h4-11H,1-3H3/b15-11-. The Morgan fingerprint density at radius 3 is 2.54 bits per heavy atom. The number of nitrogens with zero attached hydrogens (tertiary/aromatic N) is 1. The van der Waals surface area contributed by atoms with Crippen molar-refractivity contribution in [3.8, 4) is 11.5 Å². The first kappa shape index (κ1) is 15.8. The summed E-state index contributed by atoms with van der Waals surface area (Å²) in [5.74, 6) is 0.950. The summed E-state index contributed by atoms with van der Waals surface area (Å²) in [6.07, 6.45) is 1.63. The number of benzene rings is 2. The van der Waals surface area contributed by atoms with Gasteiger partial charge in [0.1, 0.15) is 0 Å². The van der Waals surface area contributed by atoms with Crippen LogP contribution in [0, 0.1) is 6.92 Å². The van der Waals surface area contributed by atoms with Crippen LogP contribution in [0.1, 0.15) is 16.7 Å². The van der Waals surface area contributed by atoms with E-state index in [-0.39, 0.29) is 5.70 Å². The van der Waals surface area contributed by atoms with Crippen molar-refractivity contribution in [1.82, 2.24) is 0 Å². The van der Waals surface area contributed by atoms with Crippen LogP contribution >= 0.6 is 0 Å². The van der Waals surface area contributed by atoms with Gasteiger partial charge in [0.2, 0.25) is 5.90 Å². The first-order chi connectivity index (χ1) is 11.6. The molecule has 24 heavy (non-hydrogen) atoms. The van der Waals surface area contributed by atoms with Gasteiger partial charge in [-0.3, -0.25) is 0 Å². The zero-order valence-corrected chi connectivity index (χ0v) is 13.7. The van der Waals surface area contributed by atoms with E-state index < -0.39 is 5.97 Å². The summed E-state index contributed by atoms with van der Waals surface area (Å²) in [6, 6.07) is 13.0. The van der Waals surface area contributed by atoms with Gasteiger partial charge in [-0.05, 0) is 30.7 Å². The van der Waals surface area contributed by atoms with E-state index in [0.717, 1.165) is 11.1 Å². The lowest BCUT2D eigenvalue weighted by atomic mass is 10.1. The van der Waals surface area contributed by atoms with Crippen molar-refractivity contribution in [3.63, 3.8) is 0 Å². The van der Waals surface area contributed by atoms with Crippen LogP contribution in [0.4, 0.5) is 0 Å². The van der Waals surface area contributed by atoms with E-state index in [1.54, 1.807) is 26.4 Å². The van der Waals surface area contributed by atoms with Gasteiger partial charge >= 0.3 is 5.97 Å². The first-order valence-corrected chi connectivity index (χ1v) is 7.43. The van der Waals surface area contributed by atoms with Crippen molar-refractivity contribution in [3.05, 3.63) is 64.9 Å². The maximum absolute atomic E-state index is 12.2. The molecule has 0 saturated heterocycles. The van der Waals surface area contributed by atoms with E-state index in [1.165, 1.54) is 0 Å². The average molecular weight is 323 g/mol. The molecule has 1 heterocycles. The molecule has 1 aliphatic rings. The quantitative estimate of drug-likeness (QED) is 0.639. The molecule has 0 N–H and O–H groups in total. The SMILES string of the molecule is COc1cccc(/C=C2\N=C(c3ccccc3C)OC2=O)c1OC. The molecule has 0 fully saturated rings. The summed E-state index contributed by atoms with van der Waals surface area (Å²) in [6.45, 7) is 1.94. The first-order valence-electron chi connectivity index (χ1n) is 7.43. The minimum absolute atomic E-state index is 0.222. The Morgan fingerprint density at radius 2 is 1.83 bits per heavy atom. The Hall–Kier alpha value is -3.08. The number of carbonyl (C=O) groups is 1. The van der Waals surface area contributed by atoms with Crippen LogP contribution < -0.4 is 9.47 Å². The van der Waals surface area contributed by atoms with Gasteiger partial charge < -0.3 is 14.2 Å². The van der Waals surface area contributed by atoms with Gasteiger partial charge in [0.25, 0.3) is 0 Å². The molecule has 0 atom stereocenters. The average Bonchev–Trinajstić information content (AvgIpc) is 2.95. The zero-order chi connectivity index (χ0) is 17.1. The number of cyclic esters (lactones) is 1. The third-order valence-corrected chi connectivity index (χ3v) is 3.72. The maximum atomic E-state index is 12.2. The van der Waals surface area contributed by atoms with Gasteiger partial charge in [-0.15, -0.1) is 0 Å². The molecule has 0 amide bonds. The Morgan fingerprint density at radius 1 is 1.04 bits per heavy atom. The lowest BCUT2D eigenvalue weighted by molar-refractivity contribution is -0.129. The summed E-state index contributed by atoms with van der Waals surface area (Å²) in [5, 5.41) is 0. The largest absolute Gasteiger partial charge is 0.493 e. The van der Waals surface area contributed by atoms with Crippen molar-refractivity contribution >= 4 is 17.9 Å². The van der Waals surface area contributed by atoms with Crippen LogP contribution in [-0.4, -0.2) is 26.1 Å². The Labute approximate surface area is 140 Å². The van der Waals surface area contributed by atoms with Crippen LogP contribution in [0.2, 0.25) is 0 Å². The lowest BCUT2D eigenvalue weighted by Crippen LogP contribution is -2.06. The Kier molecular flexibility index (Phi) is 4.33. The van der Waals surface area contributed by atoms with Crippen LogP contribution in [0.25, 0.3) is 6.08 Å². The fourth-order valence-corrected chi connectivity index (χ4v) is 2.51. The van der Waals surface area contributed by atoms with E-state index in [4.69, 9.17) is 14.2 Å². The highest BCUT2D eigenvalue weighted by Crippen LogP contribution is 2.33. The van der Waals surface area contributed by atoms with Crippen molar-refractivity contribution in [2.75, 3.05) is 14.2 Å². The molecule has 0 bridgehead atoms. The van der Waals surface area contributed by atoms with Crippen molar-refractivity contribution < 1.29 is 19.0 Å². The van der Waals surface area contributed by atoms with E-state index in [1.807, 2.05) is 43.3 Å². The Bertz CT molecular complexity index is 852. The second kappa shape index (κ2) is 6.58. The number of hydrogen-bond acceptors (Lipinski definition) is 5. The molecule has 0 aromatic heterocycles. The number of aryl methyl sites for hydroxylation is 1. The fraction of sp³-hybridized carbons (Fsp3) is 0.158. The lowest BCUT2D eigenvalue weighted by Gasteiger charge is -2.09. The summed E-state index contributed by atoms with van der Waals surface area (Å²) >= 11 is 0. The van der Waals surface area contributed by atoms with Gasteiger partial charge in [0.05, 0.1) is 14.2 Å².